The molecule has 4 nitrogen and oxygen atoms in total. The van der Waals surface area contributed by atoms with Gasteiger partial charge >= 0.3 is 6.18 Å². The number of H-pyrrole nitrogens is 1. The van der Waals surface area contributed by atoms with E-state index in [-0.39, 0.29) is 11.0 Å². The van der Waals surface area contributed by atoms with Crippen LogP contribution in [0.15, 0.2) is 23.4 Å². The molecule has 0 saturated carbocycles. The third-order valence-corrected chi connectivity index (χ3v) is 3.41. The molecule has 0 atom stereocenters. The number of hydrogen-bond acceptors (Lipinski definition) is 3. The van der Waals surface area contributed by atoms with Crippen LogP contribution in [0.5, 0.6) is 0 Å². The number of nitrogens with zero attached hydrogens (tertiary/aromatic N) is 1. The molecule has 2 aromatic rings. The molecule has 0 amide bonds. The van der Waals surface area contributed by atoms with Crippen molar-refractivity contribution in [2.75, 3.05) is 0 Å². The van der Waals surface area contributed by atoms with Crippen molar-refractivity contribution in [3.05, 3.63) is 24.0 Å². The molecule has 1 N–H and O–H groups in total. The van der Waals surface area contributed by atoms with Crippen molar-refractivity contribution >= 4 is 30.8 Å². The molecule has 92 valence electrons. The molecular weight excluding hydrogens is 281 g/mol. The van der Waals surface area contributed by atoms with E-state index < -0.39 is 25.7 Å². The topological polar surface area (TPSA) is 62.8 Å². The molecule has 0 saturated heterocycles. The van der Waals surface area contributed by atoms with Gasteiger partial charge in [0.1, 0.15) is 10.5 Å². The summed E-state index contributed by atoms with van der Waals surface area (Å²) in [6.45, 7) is 0. The first-order valence-electron chi connectivity index (χ1n) is 4.18. The number of aromatic nitrogens is 2. The van der Waals surface area contributed by atoms with Gasteiger partial charge in [0.2, 0.25) is 0 Å². The summed E-state index contributed by atoms with van der Waals surface area (Å²) < 4.78 is 59.6. The van der Waals surface area contributed by atoms with Crippen LogP contribution in [-0.4, -0.2) is 18.4 Å². The van der Waals surface area contributed by atoms with Gasteiger partial charge in [-0.2, -0.15) is 13.2 Å². The largest absolute Gasteiger partial charge is 0.418 e. The van der Waals surface area contributed by atoms with Crippen LogP contribution in [0.2, 0.25) is 0 Å². The molecule has 2 heterocycles. The molecule has 0 unspecified atom stereocenters. The van der Waals surface area contributed by atoms with Crippen molar-refractivity contribution in [2.24, 2.45) is 0 Å². The van der Waals surface area contributed by atoms with Crippen LogP contribution in [0.25, 0.3) is 11.0 Å². The molecule has 0 aliphatic heterocycles. The van der Waals surface area contributed by atoms with Crippen LogP contribution in [0.4, 0.5) is 13.2 Å². The maximum atomic E-state index is 12.5. The minimum absolute atomic E-state index is 0.0543. The van der Waals surface area contributed by atoms with Crippen molar-refractivity contribution in [1.29, 1.82) is 0 Å². The second kappa shape index (κ2) is 3.61. The molecular formula is C8H4ClF3N2O2S. The molecule has 0 aliphatic carbocycles. The molecule has 0 radical (unpaired) electrons. The first-order valence-corrected chi connectivity index (χ1v) is 6.49. The van der Waals surface area contributed by atoms with Gasteiger partial charge in [0.25, 0.3) is 9.05 Å². The van der Waals surface area contributed by atoms with E-state index in [0.717, 1.165) is 18.5 Å². The van der Waals surface area contributed by atoms with E-state index >= 15 is 0 Å². The van der Waals surface area contributed by atoms with Gasteiger partial charge in [0, 0.05) is 28.5 Å². The molecule has 2 aromatic heterocycles. The van der Waals surface area contributed by atoms with Crippen LogP contribution in [0.3, 0.4) is 0 Å². The maximum absolute atomic E-state index is 12.5. The number of hydrogen-bond donors (Lipinski definition) is 1. The van der Waals surface area contributed by atoms with Gasteiger partial charge in [0.15, 0.2) is 0 Å². The first-order chi connectivity index (χ1) is 7.69. The van der Waals surface area contributed by atoms with Gasteiger partial charge in [-0.1, -0.05) is 0 Å². The second-order valence-corrected chi connectivity index (χ2v) is 5.77. The Labute approximate surface area is 97.8 Å². The zero-order valence-corrected chi connectivity index (χ0v) is 9.49. The van der Waals surface area contributed by atoms with Gasteiger partial charge in [-0.05, 0) is 6.07 Å². The number of aromatic amines is 1. The first kappa shape index (κ1) is 12.2. The third kappa shape index (κ3) is 2.22. The standard InChI is InChI=1S/C8H4ClF3N2O2S/c9-17(15,16)4-1-5-6(8(10,11)12)3-14-7(5)13-2-4/h1-3H,(H,13,14). The summed E-state index contributed by atoms with van der Waals surface area (Å²) in [5, 5.41) is -0.334. The summed E-state index contributed by atoms with van der Waals surface area (Å²) >= 11 is 0. The summed E-state index contributed by atoms with van der Waals surface area (Å²) in [6, 6.07) is 0.837. The monoisotopic (exact) mass is 284 g/mol. The fourth-order valence-electron chi connectivity index (χ4n) is 1.35. The van der Waals surface area contributed by atoms with Crippen molar-refractivity contribution in [1.82, 2.24) is 9.97 Å². The van der Waals surface area contributed by atoms with E-state index in [1.165, 1.54) is 0 Å². The average Bonchev–Trinajstić information content (AvgIpc) is 2.57. The average molecular weight is 285 g/mol. The second-order valence-electron chi connectivity index (χ2n) is 3.21. The number of nitrogens with one attached hydrogen (secondary N) is 1. The number of halogens is 4. The van der Waals surface area contributed by atoms with Crippen molar-refractivity contribution in [3.63, 3.8) is 0 Å². The van der Waals surface area contributed by atoms with E-state index in [1.807, 2.05) is 0 Å². The summed E-state index contributed by atoms with van der Waals surface area (Å²) in [5.41, 5.74) is -1.04. The van der Waals surface area contributed by atoms with Crippen molar-refractivity contribution < 1.29 is 21.6 Å². The highest BCUT2D eigenvalue weighted by Crippen LogP contribution is 2.35. The van der Waals surface area contributed by atoms with E-state index in [0.29, 0.717) is 0 Å². The van der Waals surface area contributed by atoms with E-state index in [9.17, 15) is 21.6 Å². The maximum Gasteiger partial charge on any atom is 0.418 e. The molecule has 0 fully saturated rings. The fraction of sp³-hybridized carbons (Fsp3) is 0.125. The predicted octanol–water partition coefficient (Wildman–Crippen LogP) is 2.51. The quantitative estimate of drug-likeness (QED) is 0.819. The Morgan fingerprint density at radius 3 is 2.53 bits per heavy atom. The number of alkyl halides is 3. The minimum Gasteiger partial charge on any atom is -0.346 e. The Balaban J connectivity index is 2.76. The fourth-order valence-corrected chi connectivity index (χ4v) is 2.04. The Hall–Kier alpha value is -1.28. The summed E-state index contributed by atoms with van der Waals surface area (Å²) in [4.78, 5) is 5.39. The highest BCUT2D eigenvalue weighted by Gasteiger charge is 2.34. The van der Waals surface area contributed by atoms with E-state index in [4.69, 9.17) is 10.7 Å². The summed E-state index contributed by atoms with van der Waals surface area (Å²) in [7, 11) is 0.927. The van der Waals surface area contributed by atoms with E-state index in [2.05, 4.69) is 9.97 Å². The summed E-state index contributed by atoms with van der Waals surface area (Å²) in [6.07, 6.45) is -2.97. The number of pyridine rings is 1. The molecule has 0 bridgehead atoms. The SMILES string of the molecule is O=S(=O)(Cl)c1cnc2[nH]cc(C(F)(F)F)c2c1. The van der Waals surface area contributed by atoms with Gasteiger partial charge < -0.3 is 4.98 Å². The molecule has 9 heteroatoms. The Morgan fingerprint density at radius 2 is 2.00 bits per heavy atom. The van der Waals surface area contributed by atoms with Gasteiger partial charge in [-0.15, -0.1) is 0 Å². The third-order valence-electron chi connectivity index (χ3n) is 2.09. The number of rotatable bonds is 1. The van der Waals surface area contributed by atoms with Gasteiger partial charge in [-0.25, -0.2) is 13.4 Å². The normalized spacial score (nSPS) is 13.2. The molecule has 17 heavy (non-hydrogen) atoms. The lowest BCUT2D eigenvalue weighted by Crippen LogP contribution is -2.03. The van der Waals surface area contributed by atoms with Crippen molar-refractivity contribution in [2.45, 2.75) is 11.1 Å². The smallest absolute Gasteiger partial charge is 0.346 e. The van der Waals surface area contributed by atoms with Crippen LogP contribution in [-0.2, 0) is 15.2 Å². The Kier molecular flexibility index (Phi) is 2.58. The minimum atomic E-state index is -4.59. The van der Waals surface area contributed by atoms with Gasteiger partial charge in [0.05, 0.1) is 5.56 Å². The van der Waals surface area contributed by atoms with Gasteiger partial charge in [-0.3, -0.25) is 0 Å². The van der Waals surface area contributed by atoms with Crippen LogP contribution in [0, 0.1) is 0 Å². The Bertz CT molecular complexity index is 678. The number of fused-ring (bicyclic) bond motifs is 1. The lowest BCUT2D eigenvalue weighted by Gasteiger charge is -2.04. The zero-order valence-electron chi connectivity index (χ0n) is 7.92. The highest BCUT2D eigenvalue weighted by atomic mass is 35.7. The van der Waals surface area contributed by atoms with Crippen molar-refractivity contribution in [3.8, 4) is 0 Å². The molecule has 2 rings (SSSR count). The highest BCUT2D eigenvalue weighted by molar-refractivity contribution is 8.13. The molecule has 0 aliphatic rings. The van der Waals surface area contributed by atoms with Crippen LogP contribution in [0.1, 0.15) is 5.56 Å². The predicted molar refractivity (Wildman–Crippen MR) is 54.1 cm³/mol. The molecule has 0 spiro atoms. The van der Waals surface area contributed by atoms with Crippen LogP contribution >= 0.6 is 10.7 Å². The van der Waals surface area contributed by atoms with E-state index in [1.54, 1.807) is 0 Å². The lowest BCUT2D eigenvalue weighted by atomic mass is 10.2. The Morgan fingerprint density at radius 1 is 1.35 bits per heavy atom. The van der Waals surface area contributed by atoms with Crippen LogP contribution < -0.4 is 0 Å². The lowest BCUT2D eigenvalue weighted by molar-refractivity contribution is -0.136. The molecule has 0 aromatic carbocycles. The summed E-state index contributed by atoms with van der Waals surface area (Å²) in [5.74, 6) is 0. The zero-order chi connectivity index (χ0) is 12.8.